The number of likely N-dealkylation sites (N-methyl/N-ethyl adjacent to an activating group) is 1. The highest BCUT2D eigenvalue weighted by Gasteiger charge is 2.40. The topological polar surface area (TPSA) is 151 Å². The first kappa shape index (κ1) is 38.3. The van der Waals surface area contributed by atoms with Gasteiger partial charge >= 0.3 is 6.09 Å². The lowest BCUT2D eigenvalue weighted by molar-refractivity contribution is -0.138. The van der Waals surface area contributed by atoms with Crippen molar-refractivity contribution in [3.8, 4) is 33.6 Å². The van der Waals surface area contributed by atoms with E-state index in [1.807, 2.05) is 37.2 Å². The largest absolute Gasteiger partial charge is 0.465 e. The third kappa shape index (κ3) is 7.37. The highest BCUT2D eigenvalue weighted by atomic mass is 16.4. The molecule has 9 rings (SSSR count). The minimum atomic E-state index is -1.20. The summed E-state index contributed by atoms with van der Waals surface area (Å²) in [4.78, 5) is 61.4. The van der Waals surface area contributed by atoms with Crippen molar-refractivity contribution in [2.75, 3.05) is 26.7 Å². The van der Waals surface area contributed by atoms with Crippen LogP contribution in [0.3, 0.4) is 0 Å². The molecule has 0 bridgehead atoms. The standard InChI is InChI=1S/C47H50N8O4/c1-28(2)41(52-47(58)59)45(56)54-21-6-10-39(54)43-49-27-38(51-43)35-19-18-33-24-32(16-17-34(33)25-35)29-12-14-31(15-13-29)37-26-48-44(50-37)40-11-7-22-55(40)46(57)42-36-9-5-4-8-30(36)20-23-53(42)3/h4-5,8-9,12-19,24-28,39-42,52H,6-7,10-11,20-23H2,1-3H3,(H,48,50)(H,49,51)(H,58,59)/t39-,40-,41?,42+/m0/s1. The second kappa shape index (κ2) is 15.8. The molecule has 5 heterocycles. The summed E-state index contributed by atoms with van der Waals surface area (Å²) in [6.45, 7) is 5.85. The fourth-order valence-electron chi connectivity index (χ4n) is 9.37. The van der Waals surface area contributed by atoms with Crippen LogP contribution in [-0.2, 0) is 16.0 Å². The summed E-state index contributed by atoms with van der Waals surface area (Å²) in [5.74, 6) is 1.30. The molecule has 12 nitrogen and oxygen atoms in total. The van der Waals surface area contributed by atoms with E-state index < -0.39 is 12.1 Å². The van der Waals surface area contributed by atoms with E-state index in [0.29, 0.717) is 12.4 Å². The van der Waals surface area contributed by atoms with Gasteiger partial charge in [0.15, 0.2) is 0 Å². The Morgan fingerprint density at radius 1 is 0.729 bits per heavy atom. The molecule has 0 spiro atoms. The lowest BCUT2D eigenvalue weighted by atomic mass is 9.92. The number of imidazole rings is 2. The van der Waals surface area contributed by atoms with Crippen LogP contribution in [0.25, 0.3) is 44.4 Å². The van der Waals surface area contributed by atoms with Gasteiger partial charge in [-0.2, -0.15) is 0 Å². The number of hydrogen-bond donors (Lipinski definition) is 4. The van der Waals surface area contributed by atoms with E-state index in [4.69, 9.17) is 4.98 Å². The van der Waals surface area contributed by atoms with Crippen molar-refractivity contribution in [3.63, 3.8) is 0 Å². The Morgan fingerprint density at radius 3 is 1.98 bits per heavy atom. The quantitative estimate of drug-likeness (QED) is 0.116. The molecule has 3 aliphatic rings. The highest BCUT2D eigenvalue weighted by molar-refractivity contribution is 5.91. The molecule has 2 aromatic heterocycles. The molecule has 2 saturated heterocycles. The van der Waals surface area contributed by atoms with Gasteiger partial charge in [-0.1, -0.05) is 86.6 Å². The SMILES string of the molecule is CC(C)C(NC(=O)O)C(=O)N1CCC[C@H]1c1ncc(-c2ccc3cc(-c4ccc(-c5cnc([C@@H]6CCCN6C(=O)[C@H]6c7ccccc7CCN6C)[nH]5)cc4)ccc3c2)[nH]1. The van der Waals surface area contributed by atoms with Gasteiger partial charge in [-0.3, -0.25) is 14.5 Å². The highest BCUT2D eigenvalue weighted by Crippen LogP contribution is 2.38. The van der Waals surface area contributed by atoms with Crippen LogP contribution in [0, 0.1) is 5.92 Å². The second-order valence-corrected chi connectivity index (χ2v) is 16.6. The number of likely N-dealkylation sites (tertiary alicyclic amines) is 2. The normalized spacial score (nSPS) is 20.0. The summed E-state index contributed by atoms with van der Waals surface area (Å²) in [7, 11) is 2.05. The number of aromatic nitrogens is 4. The molecule has 4 atom stereocenters. The van der Waals surface area contributed by atoms with Crippen LogP contribution in [0.1, 0.15) is 80.4 Å². The molecule has 0 radical (unpaired) electrons. The number of H-pyrrole nitrogens is 2. The third-order valence-electron chi connectivity index (χ3n) is 12.5. The molecule has 4 N–H and O–H groups in total. The number of carboxylic acid groups (broad SMARTS) is 1. The second-order valence-electron chi connectivity index (χ2n) is 16.6. The third-order valence-corrected chi connectivity index (χ3v) is 12.5. The van der Waals surface area contributed by atoms with Gasteiger partial charge in [0.1, 0.15) is 23.7 Å². The molecule has 3 aliphatic heterocycles. The van der Waals surface area contributed by atoms with Crippen molar-refractivity contribution < 1.29 is 19.5 Å². The number of nitrogens with zero attached hydrogens (tertiary/aromatic N) is 5. The summed E-state index contributed by atoms with van der Waals surface area (Å²) in [6.07, 6.45) is 6.88. The zero-order valence-corrected chi connectivity index (χ0v) is 33.7. The van der Waals surface area contributed by atoms with Gasteiger partial charge < -0.3 is 30.2 Å². The van der Waals surface area contributed by atoms with Crippen LogP contribution in [-0.4, -0.2) is 90.4 Å². The lowest BCUT2D eigenvalue weighted by Gasteiger charge is -2.37. The molecule has 2 fully saturated rings. The fraction of sp³-hybridized carbons (Fsp3) is 0.340. The average Bonchev–Trinajstić information content (AvgIpc) is 4.09. The number of fused-ring (bicyclic) bond motifs is 2. The maximum atomic E-state index is 14.1. The Labute approximate surface area is 343 Å². The average molecular weight is 791 g/mol. The maximum absolute atomic E-state index is 14.1. The molecule has 59 heavy (non-hydrogen) atoms. The van der Waals surface area contributed by atoms with Crippen LogP contribution >= 0.6 is 0 Å². The van der Waals surface area contributed by atoms with Crippen molar-refractivity contribution in [2.45, 2.75) is 70.1 Å². The van der Waals surface area contributed by atoms with Gasteiger partial charge in [-0.05, 0) is 95.8 Å². The first-order valence-electron chi connectivity index (χ1n) is 20.8. The van der Waals surface area contributed by atoms with Crippen molar-refractivity contribution in [2.24, 2.45) is 5.92 Å². The van der Waals surface area contributed by atoms with Crippen LogP contribution in [0.15, 0.2) is 97.3 Å². The van der Waals surface area contributed by atoms with Gasteiger partial charge in [0.05, 0.1) is 35.9 Å². The summed E-state index contributed by atoms with van der Waals surface area (Å²) in [5.41, 5.74) is 8.43. The van der Waals surface area contributed by atoms with E-state index in [0.717, 1.165) is 101 Å². The maximum Gasteiger partial charge on any atom is 0.405 e. The fourth-order valence-corrected chi connectivity index (χ4v) is 9.37. The monoisotopic (exact) mass is 790 g/mol. The van der Waals surface area contributed by atoms with Gasteiger partial charge in [-0.25, -0.2) is 14.8 Å². The van der Waals surface area contributed by atoms with Crippen LogP contribution in [0.5, 0.6) is 0 Å². The molecule has 1 unspecified atom stereocenters. The Balaban J connectivity index is 0.877. The van der Waals surface area contributed by atoms with E-state index in [2.05, 4.69) is 111 Å². The Kier molecular flexibility index (Phi) is 10.3. The van der Waals surface area contributed by atoms with Crippen molar-refractivity contribution in [3.05, 3.63) is 120 Å². The smallest absolute Gasteiger partial charge is 0.405 e. The molecule has 3 amide bonds. The van der Waals surface area contributed by atoms with E-state index in [1.165, 1.54) is 5.56 Å². The number of nitrogens with one attached hydrogen (secondary N) is 3. The minimum absolute atomic E-state index is 0.0768. The summed E-state index contributed by atoms with van der Waals surface area (Å²) >= 11 is 0. The van der Waals surface area contributed by atoms with E-state index in [-0.39, 0.29) is 35.9 Å². The van der Waals surface area contributed by atoms with Gasteiger partial charge in [0.2, 0.25) is 11.8 Å². The summed E-state index contributed by atoms with van der Waals surface area (Å²) < 4.78 is 0. The number of benzene rings is 4. The zero-order chi connectivity index (χ0) is 40.8. The number of carbonyl (C=O) groups excluding carboxylic acids is 2. The Morgan fingerprint density at radius 2 is 1.31 bits per heavy atom. The van der Waals surface area contributed by atoms with Crippen molar-refractivity contribution in [1.82, 2.24) is 40.0 Å². The molecule has 0 saturated carbocycles. The molecule has 6 aromatic rings. The number of rotatable bonds is 9. The molecular formula is C47H50N8O4. The lowest BCUT2D eigenvalue weighted by Crippen LogP contribution is -2.50. The number of hydrogen-bond acceptors (Lipinski definition) is 6. The van der Waals surface area contributed by atoms with Crippen LogP contribution in [0.4, 0.5) is 4.79 Å². The molecule has 302 valence electrons. The van der Waals surface area contributed by atoms with Crippen LogP contribution in [0.2, 0.25) is 0 Å². The molecule has 12 heteroatoms. The first-order chi connectivity index (χ1) is 28.6. The summed E-state index contributed by atoms with van der Waals surface area (Å²) in [6, 6.07) is 28.3. The van der Waals surface area contributed by atoms with E-state index in [9.17, 15) is 19.5 Å². The molecule has 0 aliphatic carbocycles. The van der Waals surface area contributed by atoms with Crippen molar-refractivity contribution >= 4 is 28.7 Å². The van der Waals surface area contributed by atoms with Crippen LogP contribution < -0.4 is 5.32 Å². The van der Waals surface area contributed by atoms with E-state index in [1.54, 1.807) is 4.90 Å². The van der Waals surface area contributed by atoms with E-state index >= 15 is 0 Å². The predicted octanol–water partition coefficient (Wildman–Crippen LogP) is 8.14. The van der Waals surface area contributed by atoms with Gasteiger partial charge in [-0.15, -0.1) is 0 Å². The number of amides is 3. The Hall–Kier alpha value is -6.27. The number of carbonyl (C=O) groups is 3. The van der Waals surface area contributed by atoms with Crippen molar-refractivity contribution in [1.29, 1.82) is 0 Å². The molecular weight excluding hydrogens is 741 g/mol. The first-order valence-corrected chi connectivity index (χ1v) is 20.8. The summed E-state index contributed by atoms with van der Waals surface area (Å²) in [5, 5.41) is 13.9. The molecule has 4 aromatic carbocycles. The predicted molar refractivity (Wildman–Crippen MR) is 227 cm³/mol. The zero-order valence-electron chi connectivity index (χ0n) is 33.7. The van der Waals surface area contributed by atoms with Gasteiger partial charge in [0, 0.05) is 25.2 Å². The number of aromatic amines is 2. The van der Waals surface area contributed by atoms with Gasteiger partial charge in [0.25, 0.3) is 0 Å². The minimum Gasteiger partial charge on any atom is -0.465 e. The Bertz CT molecular complexity index is 2520.